The summed E-state index contributed by atoms with van der Waals surface area (Å²) in [7, 11) is 0. The van der Waals surface area contributed by atoms with Gasteiger partial charge in [0.05, 0.1) is 6.54 Å². The molecule has 2 N–H and O–H groups in total. The Kier molecular flexibility index (Phi) is 11.2. The molecule has 1 aliphatic heterocycles. The number of nitrogens with one attached hydrogen (secondary N) is 2. The van der Waals surface area contributed by atoms with E-state index in [-0.39, 0.29) is 42.5 Å². The molecule has 1 fully saturated rings. The molecule has 0 aromatic heterocycles. The first-order valence-electron chi connectivity index (χ1n) is 9.61. The summed E-state index contributed by atoms with van der Waals surface area (Å²) in [6.45, 7) is 9.33. The van der Waals surface area contributed by atoms with Crippen molar-refractivity contribution in [3.05, 3.63) is 29.8 Å². The van der Waals surface area contributed by atoms with Gasteiger partial charge in [-0.3, -0.25) is 4.79 Å². The van der Waals surface area contributed by atoms with Crippen LogP contribution in [0.15, 0.2) is 29.3 Å². The molecule has 0 spiro atoms. The van der Waals surface area contributed by atoms with Gasteiger partial charge in [0.25, 0.3) is 0 Å². The third kappa shape index (κ3) is 8.81. The number of hydrogen-bond donors (Lipinski definition) is 2. The Morgan fingerprint density at radius 2 is 2.00 bits per heavy atom. The topological polar surface area (TPSA) is 66.0 Å². The van der Waals surface area contributed by atoms with Gasteiger partial charge in [-0.1, -0.05) is 12.1 Å². The molecule has 7 heteroatoms. The monoisotopic (exact) mass is 488 g/mol. The van der Waals surface area contributed by atoms with Gasteiger partial charge in [-0.25, -0.2) is 4.99 Å². The average molecular weight is 488 g/mol. The van der Waals surface area contributed by atoms with Crippen LogP contribution in [-0.4, -0.2) is 55.6 Å². The quantitative estimate of drug-likeness (QED) is 0.352. The van der Waals surface area contributed by atoms with Crippen LogP contribution in [0.25, 0.3) is 0 Å². The summed E-state index contributed by atoms with van der Waals surface area (Å²) in [5.41, 5.74) is 1.17. The van der Waals surface area contributed by atoms with Crippen LogP contribution in [0.5, 0.6) is 5.75 Å². The summed E-state index contributed by atoms with van der Waals surface area (Å²) in [6, 6.07) is 8.01. The van der Waals surface area contributed by atoms with E-state index in [1.807, 2.05) is 49.9 Å². The van der Waals surface area contributed by atoms with Crippen LogP contribution < -0.4 is 15.4 Å². The average Bonchev–Trinajstić information content (AvgIpc) is 2.64. The highest BCUT2D eigenvalue weighted by Crippen LogP contribution is 2.13. The van der Waals surface area contributed by atoms with Gasteiger partial charge in [0.15, 0.2) is 5.96 Å². The minimum absolute atomic E-state index is 0. The SMILES string of the molecule is CCNC(=NCC(=O)N1CCCCC1)NCC(C)Oc1cccc(C)c1.I. The number of guanidine groups is 1. The number of likely N-dealkylation sites (tertiary alicyclic amines) is 1. The number of nitrogens with zero attached hydrogens (tertiary/aromatic N) is 2. The maximum Gasteiger partial charge on any atom is 0.244 e. The molecule has 0 saturated carbocycles. The minimum atomic E-state index is -0.0153. The Bertz CT molecular complexity index is 603. The van der Waals surface area contributed by atoms with Crippen LogP contribution in [0.4, 0.5) is 0 Å². The number of halogens is 1. The molecule has 1 amide bonds. The van der Waals surface area contributed by atoms with Crippen LogP contribution >= 0.6 is 24.0 Å². The second kappa shape index (κ2) is 12.8. The van der Waals surface area contributed by atoms with Crippen LogP contribution in [0.2, 0.25) is 0 Å². The molecular weight excluding hydrogens is 455 g/mol. The van der Waals surface area contributed by atoms with E-state index in [9.17, 15) is 4.79 Å². The molecule has 2 rings (SSSR count). The fourth-order valence-electron chi connectivity index (χ4n) is 2.93. The highest BCUT2D eigenvalue weighted by Gasteiger charge is 2.16. The van der Waals surface area contributed by atoms with Gasteiger partial charge in [0.1, 0.15) is 18.4 Å². The second-order valence-electron chi connectivity index (χ2n) is 6.76. The van der Waals surface area contributed by atoms with Crippen molar-refractivity contribution in [2.45, 2.75) is 46.1 Å². The molecule has 1 aromatic carbocycles. The van der Waals surface area contributed by atoms with Crippen molar-refractivity contribution in [2.24, 2.45) is 4.99 Å². The predicted octanol–water partition coefficient (Wildman–Crippen LogP) is 2.95. The molecule has 0 aliphatic carbocycles. The number of amides is 1. The van der Waals surface area contributed by atoms with E-state index < -0.39 is 0 Å². The molecule has 1 unspecified atom stereocenters. The number of aliphatic imine (C=N–C) groups is 1. The first-order chi connectivity index (χ1) is 12.6. The minimum Gasteiger partial charge on any atom is -0.489 e. The second-order valence-corrected chi connectivity index (χ2v) is 6.76. The Labute approximate surface area is 180 Å². The van der Waals surface area contributed by atoms with Crippen molar-refractivity contribution in [3.8, 4) is 5.75 Å². The number of hydrogen-bond acceptors (Lipinski definition) is 3. The standard InChI is InChI=1S/C20H32N4O2.HI/c1-4-21-20(23-15-19(25)24-11-6-5-7-12-24)22-14-17(3)26-18-10-8-9-16(2)13-18;/h8-10,13,17H,4-7,11-12,14-15H2,1-3H3,(H2,21,22,23);1H. The van der Waals surface area contributed by atoms with Gasteiger partial charge >= 0.3 is 0 Å². The molecular formula is C20H33IN4O2. The maximum absolute atomic E-state index is 12.3. The van der Waals surface area contributed by atoms with Gasteiger partial charge in [-0.15, -0.1) is 24.0 Å². The molecule has 152 valence electrons. The Balaban J connectivity index is 0.00000364. The molecule has 1 aliphatic rings. The highest BCUT2D eigenvalue weighted by molar-refractivity contribution is 14.0. The molecule has 1 atom stereocenters. The van der Waals surface area contributed by atoms with Crippen molar-refractivity contribution < 1.29 is 9.53 Å². The van der Waals surface area contributed by atoms with Crippen molar-refractivity contribution in [1.82, 2.24) is 15.5 Å². The Hall–Kier alpha value is -1.51. The number of carbonyl (C=O) groups excluding carboxylic acids is 1. The molecule has 0 radical (unpaired) electrons. The fourth-order valence-corrected chi connectivity index (χ4v) is 2.93. The predicted molar refractivity (Wildman–Crippen MR) is 121 cm³/mol. The number of piperidine rings is 1. The van der Waals surface area contributed by atoms with E-state index in [1.54, 1.807) is 0 Å². The van der Waals surface area contributed by atoms with E-state index in [0.29, 0.717) is 12.5 Å². The summed E-state index contributed by atoms with van der Waals surface area (Å²) < 4.78 is 5.92. The van der Waals surface area contributed by atoms with Crippen LogP contribution in [0.3, 0.4) is 0 Å². The summed E-state index contributed by atoms with van der Waals surface area (Å²) in [5.74, 6) is 1.62. The Morgan fingerprint density at radius 3 is 2.67 bits per heavy atom. The lowest BCUT2D eigenvalue weighted by atomic mass is 10.1. The van der Waals surface area contributed by atoms with E-state index in [1.165, 1.54) is 12.0 Å². The zero-order chi connectivity index (χ0) is 18.8. The smallest absolute Gasteiger partial charge is 0.244 e. The van der Waals surface area contributed by atoms with E-state index in [0.717, 1.165) is 38.2 Å². The molecule has 1 aromatic rings. The largest absolute Gasteiger partial charge is 0.489 e. The van der Waals surface area contributed by atoms with Crippen molar-refractivity contribution in [2.75, 3.05) is 32.7 Å². The third-order valence-electron chi connectivity index (χ3n) is 4.31. The third-order valence-corrected chi connectivity index (χ3v) is 4.31. The lowest BCUT2D eigenvalue weighted by Crippen LogP contribution is -2.43. The summed E-state index contributed by atoms with van der Waals surface area (Å²) in [6.07, 6.45) is 3.40. The highest BCUT2D eigenvalue weighted by atomic mass is 127. The van der Waals surface area contributed by atoms with Gasteiger partial charge < -0.3 is 20.3 Å². The molecule has 0 bridgehead atoms. The van der Waals surface area contributed by atoms with E-state index in [2.05, 4.69) is 15.6 Å². The first-order valence-corrected chi connectivity index (χ1v) is 9.61. The van der Waals surface area contributed by atoms with E-state index in [4.69, 9.17) is 4.74 Å². The van der Waals surface area contributed by atoms with Crippen LogP contribution in [-0.2, 0) is 4.79 Å². The summed E-state index contributed by atoms with van der Waals surface area (Å²) in [4.78, 5) is 18.6. The fraction of sp³-hybridized carbons (Fsp3) is 0.600. The lowest BCUT2D eigenvalue weighted by Gasteiger charge is -2.26. The normalized spacial score (nSPS) is 15.5. The van der Waals surface area contributed by atoms with Crippen molar-refractivity contribution in [1.29, 1.82) is 0 Å². The number of aryl methyl sites for hydroxylation is 1. The van der Waals surface area contributed by atoms with Gasteiger partial charge in [-0.05, 0) is 57.7 Å². The van der Waals surface area contributed by atoms with Gasteiger partial charge in [0.2, 0.25) is 5.91 Å². The van der Waals surface area contributed by atoms with E-state index >= 15 is 0 Å². The summed E-state index contributed by atoms with van der Waals surface area (Å²) >= 11 is 0. The lowest BCUT2D eigenvalue weighted by molar-refractivity contribution is -0.130. The van der Waals surface area contributed by atoms with Crippen LogP contribution in [0, 0.1) is 6.92 Å². The summed E-state index contributed by atoms with van der Waals surface area (Å²) in [5, 5.41) is 6.44. The number of ether oxygens (including phenoxy) is 1. The number of rotatable bonds is 7. The van der Waals surface area contributed by atoms with Crippen molar-refractivity contribution >= 4 is 35.8 Å². The number of benzene rings is 1. The van der Waals surface area contributed by atoms with Gasteiger partial charge in [-0.2, -0.15) is 0 Å². The molecule has 1 heterocycles. The maximum atomic E-state index is 12.3. The molecule has 6 nitrogen and oxygen atoms in total. The zero-order valence-electron chi connectivity index (χ0n) is 16.7. The number of carbonyl (C=O) groups is 1. The van der Waals surface area contributed by atoms with Crippen LogP contribution in [0.1, 0.15) is 38.7 Å². The first kappa shape index (κ1) is 23.5. The molecule has 1 saturated heterocycles. The van der Waals surface area contributed by atoms with Crippen molar-refractivity contribution in [3.63, 3.8) is 0 Å². The molecule has 27 heavy (non-hydrogen) atoms. The zero-order valence-corrected chi connectivity index (χ0v) is 19.0. The Morgan fingerprint density at radius 1 is 1.26 bits per heavy atom. The van der Waals surface area contributed by atoms with Gasteiger partial charge in [0, 0.05) is 19.6 Å².